The molecule has 0 atom stereocenters. The van der Waals surface area contributed by atoms with Crippen LogP contribution in [0.15, 0.2) is 22.7 Å². The lowest BCUT2D eigenvalue weighted by Crippen LogP contribution is -2.25. The molecule has 0 saturated heterocycles. The molecule has 5 heteroatoms. The van der Waals surface area contributed by atoms with E-state index in [0.29, 0.717) is 18.7 Å². The van der Waals surface area contributed by atoms with Crippen molar-refractivity contribution >= 4 is 21.8 Å². The maximum absolute atomic E-state index is 11.9. The van der Waals surface area contributed by atoms with Gasteiger partial charge in [-0.1, -0.05) is 0 Å². The van der Waals surface area contributed by atoms with Gasteiger partial charge in [0.15, 0.2) is 0 Å². The summed E-state index contributed by atoms with van der Waals surface area (Å²) in [6.07, 6.45) is 0.905. The maximum Gasteiger partial charge on any atom is 0.251 e. The molecule has 0 unspecified atom stereocenters. The highest BCUT2D eigenvalue weighted by atomic mass is 79.9. The predicted molar refractivity (Wildman–Crippen MR) is 78.7 cm³/mol. The highest BCUT2D eigenvalue weighted by Crippen LogP contribution is 2.26. The Morgan fingerprint density at radius 1 is 1.42 bits per heavy atom. The number of hydrogen-bond donors (Lipinski definition) is 1. The van der Waals surface area contributed by atoms with Crippen LogP contribution in [0.3, 0.4) is 0 Å². The van der Waals surface area contributed by atoms with E-state index in [1.807, 2.05) is 13.8 Å². The molecular formula is C14H20BrNO3. The number of ether oxygens (including phenoxy) is 2. The summed E-state index contributed by atoms with van der Waals surface area (Å²) in [5.74, 6) is 0.652. The van der Waals surface area contributed by atoms with E-state index >= 15 is 0 Å². The largest absolute Gasteiger partial charge is 0.490 e. The van der Waals surface area contributed by atoms with Crippen LogP contribution in [-0.4, -0.2) is 32.3 Å². The second-order valence-electron chi connectivity index (χ2n) is 4.41. The number of methoxy groups -OCH3 is 1. The Balaban J connectivity index is 2.59. The van der Waals surface area contributed by atoms with E-state index in [1.54, 1.807) is 25.3 Å². The van der Waals surface area contributed by atoms with Crippen LogP contribution in [0.5, 0.6) is 5.75 Å². The van der Waals surface area contributed by atoms with Gasteiger partial charge in [-0.3, -0.25) is 4.79 Å². The summed E-state index contributed by atoms with van der Waals surface area (Å²) in [5, 5.41) is 2.84. The first-order chi connectivity index (χ1) is 9.04. The van der Waals surface area contributed by atoms with E-state index in [9.17, 15) is 4.79 Å². The molecule has 1 aromatic carbocycles. The predicted octanol–water partition coefficient (Wildman–Crippen LogP) is 3.00. The Bertz CT molecular complexity index is 421. The van der Waals surface area contributed by atoms with Crippen molar-refractivity contribution < 1.29 is 14.3 Å². The fourth-order valence-corrected chi connectivity index (χ4v) is 1.98. The van der Waals surface area contributed by atoms with Gasteiger partial charge in [0.05, 0.1) is 10.6 Å². The molecule has 0 saturated carbocycles. The Kier molecular flexibility index (Phi) is 6.87. The number of halogens is 1. The van der Waals surface area contributed by atoms with Gasteiger partial charge >= 0.3 is 0 Å². The molecular weight excluding hydrogens is 310 g/mol. The van der Waals surface area contributed by atoms with Gasteiger partial charge in [-0.2, -0.15) is 0 Å². The highest BCUT2D eigenvalue weighted by Gasteiger charge is 2.09. The van der Waals surface area contributed by atoms with Crippen molar-refractivity contribution in [3.05, 3.63) is 28.2 Å². The Morgan fingerprint density at radius 2 is 2.16 bits per heavy atom. The van der Waals surface area contributed by atoms with Crippen LogP contribution in [-0.2, 0) is 4.74 Å². The van der Waals surface area contributed by atoms with Crippen LogP contribution in [0.2, 0.25) is 0 Å². The molecule has 1 aromatic rings. The average molecular weight is 330 g/mol. The van der Waals surface area contributed by atoms with Crippen molar-refractivity contribution in [1.82, 2.24) is 5.32 Å². The number of benzene rings is 1. The topological polar surface area (TPSA) is 47.6 Å². The second-order valence-corrected chi connectivity index (χ2v) is 5.27. The minimum absolute atomic E-state index is 0.0899. The molecule has 0 aliphatic rings. The molecule has 1 rings (SSSR count). The zero-order chi connectivity index (χ0) is 14.3. The number of hydrogen-bond acceptors (Lipinski definition) is 3. The summed E-state index contributed by atoms with van der Waals surface area (Å²) in [5.41, 5.74) is 0.611. The molecule has 19 heavy (non-hydrogen) atoms. The Labute approximate surface area is 122 Å². The standard InChI is InChI=1S/C14H20BrNO3/c1-10(2)19-13-6-5-11(9-12(13)15)14(17)16-7-4-8-18-3/h5-6,9-10H,4,7-8H2,1-3H3,(H,16,17). The van der Waals surface area contributed by atoms with Crippen molar-refractivity contribution in [3.63, 3.8) is 0 Å². The molecule has 0 aliphatic heterocycles. The molecule has 4 nitrogen and oxygen atoms in total. The summed E-state index contributed by atoms with van der Waals surface area (Å²) in [6.45, 7) is 5.17. The first-order valence-corrected chi connectivity index (χ1v) is 7.07. The van der Waals surface area contributed by atoms with Crippen LogP contribution >= 0.6 is 15.9 Å². The molecule has 0 aromatic heterocycles. The van der Waals surface area contributed by atoms with Crippen molar-refractivity contribution in [2.24, 2.45) is 0 Å². The Hall–Kier alpha value is -1.07. The summed E-state index contributed by atoms with van der Waals surface area (Å²) in [7, 11) is 1.65. The van der Waals surface area contributed by atoms with Crippen LogP contribution in [0.25, 0.3) is 0 Å². The fraction of sp³-hybridized carbons (Fsp3) is 0.500. The van der Waals surface area contributed by atoms with Crippen molar-refractivity contribution in [1.29, 1.82) is 0 Å². The number of carbonyl (C=O) groups excluding carboxylic acids is 1. The zero-order valence-corrected chi connectivity index (χ0v) is 13.1. The van der Waals surface area contributed by atoms with Crippen LogP contribution in [0.1, 0.15) is 30.6 Å². The van der Waals surface area contributed by atoms with Gasteiger partial charge in [0, 0.05) is 25.8 Å². The van der Waals surface area contributed by atoms with Gasteiger partial charge < -0.3 is 14.8 Å². The summed E-state index contributed by atoms with van der Waals surface area (Å²) < 4.78 is 11.3. The number of rotatable bonds is 7. The first-order valence-electron chi connectivity index (χ1n) is 6.28. The molecule has 0 heterocycles. The number of amides is 1. The highest BCUT2D eigenvalue weighted by molar-refractivity contribution is 9.10. The monoisotopic (exact) mass is 329 g/mol. The number of carbonyl (C=O) groups is 1. The Morgan fingerprint density at radius 3 is 2.74 bits per heavy atom. The lowest BCUT2D eigenvalue weighted by atomic mass is 10.2. The van der Waals surface area contributed by atoms with Crippen molar-refractivity contribution in [2.45, 2.75) is 26.4 Å². The summed E-state index contributed by atoms with van der Waals surface area (Å²) in [4.78, 5) is 11.9. The van der Waals surface area contributed by atoms with Gasteiger partial charge in [0.25, 0.3) is 5.91 Å². The van der Waals surface area contributed by atoms with E-state index < -0.39 is 0 Å². The second kappa shape index (κ2) is 8.17. The minimum atomic E-state index is -0.0899. The number of nitrogens with one attached hydrogen (secondary N) is 1. The fourth-order valence-electron chi connectivity index (χ4n) is 1.51. The van der Waals surface area contributed by atoms with Crippen LogP contribution in [0, 0.1) is 0 Å². The third kappa shape index (κ3) is 5.61. The molecule has 0 fully saturated rings. The van der Waals surface area contributed by atoms with E-state index in [4.69, 9.17) is 9.47 Å². The molecule has 0 aliphatic carbocycles. The zero-order valence-electron chi connectivity index (χ0n) is 11.5. The van der Waals surface area contributed by atoms with Gasteiger partial charge in [-0.15, -0.1) is 0 Å². The third-order valence-corrected chi connectivity index (χ3v) is 2.99. The maximum atomic E-state index is 11.9. The van der Waals surface area contributed by atoms with E-state index in [2.05, 4.69) is 21.2 Å². The minimum Gasteiger partial charge on any atom is -0.490 e. The van der Waals surface area contributed by atoms with Gasteiger partial charge in [-0.05, 0) is 54.4 Å². The smallest absolute Gasteiger partial charge is 0.251 e. The van der Waals surface area contributed by atoms with Crippen molar-refractivity contribution in [3.8, 4) is 5.75 Å². The van der Waals surface area contributed by atoms with E-state index in [1.165, 1.54) is 0 Å². The van der Waals surface area contributed by atoms with E-state index in [0.717, 1.165) is 16.6 Å². The summed E-state index contributed by atoms with van der Waals surface area (Å²) in [6, 6.07) is 5.33. The quantitative estimate of drug-likeness (QED) is 0.782. The SMILES string of the molecule is COCCCNC(=O)c1ccc(OC(C)C)c(Br)c1. The van der Waals surface area contributed by atoms with Gasteiger partial charge in [0.2, 0.25) is 0 Å². The van der Waals surface area contributed by atoms with Crippen molar-refractivity contribution in [2.75, 3.05) is 20.3 Å². The molecule has 0 spiro atoms. The first kappa shape index (κ1) is 16.0. The lowest BCUT2D eigenvalue weighted by molar-refractivity contribution is 0.0948. The lowest BCUT2D eigenvalue weighted by Gasteiger charge is -2.12. The third-order valence-electron chi connectivity index (χ3n) is 2.37. The molecule has 0 bridgehead atoms. The molecule has 1 N–H and O–H groups in total. The summed E-state index contributed by atoms with van der Waals surface area (Å²) >= 11 is 3.41. The van der Waals surface area contributed by atoms with Gasteiger partial charge in [0.1, 0.15) is 5.75 Å². The van der Waals surface area contributed by atoms with Gasteiger partial charge in [-0.25, -0.2) is 0 Å². The van der Waals surface area contributed by atoms with Crippen LogP contribution in [0.4, 0.5) is 0 Å². The van der Waals surface area contributed by atoms with E-state index in [-0.39, 0.29) is 12.0 Å². The van der Waals surface area contributed by atoms with Crippen LogP contribution < -0.4 is 10.1 Å². The molecule has 0 radical (unpaired) electrons. The average Bonchev–Trinajstić information content (AvgIpc) is 2.36. The molecule has 1 amide bonds. The normalized spacial score (nSPS) is 10.6. The molecule has 106 valence electrons.